The van der Waals surface area contributed by atoms with Crippen molar-refractivity contribution in [2.45, 2.75) is 59.7 Å². The summed E-state index contributed by atoms with van der Waals surface area (Å²) in [5.74, 6) is 0.760. The first-order valence-corrected chi connectivity index (χ1v) is 10.7. The predicted octanol–water partition coefficient (Wildman–Crippen LogP) is 3.93. The Balaban J connectivity index is 2.18. The number of hydrogen-bond donors (Lipinski definition) is 0. The smallest absolute Gasteiger partial charge is 0.242 e. The van der Waals surface area contributed by atoms with Crippen molar-refractivity contribution in [3.63, 3.8) is 0 Å². The van der Waals surface area contributed by atoms with Crippen LogP contribution in [-0.4, -0.2) is 52.4 Å². The van der Waals surface area contributed by atoms with E-state index in [2.05, 4.69) is 30.5 Å². The Morgan fingerprint density at radius 3 is 2.57 bits per heavy atom. The number of carbonyl (C=O) groups is 2. The quantitative estimate of drug-likeness (QED) is 0.561. The highest BCUT2D eigenvalue weighted by Crippen LogP contribution is 2.17. The van der Waals surface area contributed by atoms with Gasteiger partial charge in [-0.15, -0.1) is 0 Å². The minimum atomic E-state index is -0.0595. The summed E-state index contributed by atoms with van der Waals surface area (Å²) < 4.78 is 7.49. The fraction of sp³-hybridized carbons (Fsp3) is 0.500. The number of benzene rings is 1. The van der Waals surface area contributed by atoms with Crippen molar-refractivity contribution in [1.29, 1.82) is 0 Å². The molecule has 0 aliphatic rings. The van der Waals surface area contributed by atoms with Crippen LogP contribution in [0.5, 0.6) is 5.75 Å². The van der Waals surface area contributed by atoms with Crippen molar-refractivity contribution in [2.75, 3.05) is 20.2 Å². The molecule has 0 N–H and O–H groups in total. The molecule has 6 nitrogen and oxygen atoms in total. The number of ether oxygens (including phenoxy) is 1. The van der Waals surface area contributed by atoms with Crippen LogP contribution in [0.1, 0.15) is 51.8 Å². The number of amides is 2. The van der Waals surface area contributed by atoms with Gasteiger partial charge in [-0.25, -0.2) is 0 Å². The highest BCUT2D eigenvalue weighted by Gasteiger charge is 2.23. The topological polar surface area (TPSA) is 54.8 Å². The molecule has 6 heteroatoms. The average Bonchev–Trinajstić information content (AvgIpc) is 3.17. The van der Waals surface area contributed by atoms with E-state index in [9.17, 15) is 9.59 Å². The van der Waals surface area contributed by atoms with E-state index in [1.165, 1.54) is 6.92 Å². The van der Waals surface area contributed by atoms with Gasteiger partial charge >= 0.3 is 0 Å². The van der Waals surface area contributed by atoms with Gasteiger partial charge in [-0.1, -0.05) is 26.0 Å². The van der Waals surface area contributed by atoms with Gasteiger partial charge in [0.25, 0.3) is 0 Å². The molecule has 0 spiro atoms. The van der Waals surface area contributed by atoms with E-state index in [-0.39, 0.29) is 24.4 Å². The van der Waals surface area contributed by atoms with Gasteiger partial charge in [0.15, 0.2) is 0 Å². The molecule has 2 amide bonds. The van der Waals surface area contributed by atoms with E-state index in [0.717, 1.165) is 29.8 Å². The molecule has 0 saturated carbocycles. The second-order valence-corrected chi connectivity index (χ2v) is 7.70. The summed E-state index contributed by atoms with van der Waals surface area (Å²) in [7, 11) is 1.67. The van der Waals surface area contributed by atoms with Crippen molar-refractivity contribution in [3.05, 3.63) is 53.9 Å². The number of carbonyl (C=O) groups excluding carboxylic acids is 2. The lowest BCUT2D eigenvalue weighted by molar-refractivity contribution is -0.141. The van der Waals surface area contributed by atoms with Crippen LogP contribution in [0.2, 0.25) is 0 Å². The van der Waals surface area contributed by atoms with E-state index in [1.54, 1.807) is 12.0 Å². The maximum atomic E-state index is 13.1. The Morgan fingerprint density at radius 2 is 1.93 bits per heavy atom. The fourth-order valence-corrected chi connectivity index (χ4v) is 3.47. The summed E-state index contributed by atoms with van der Waals surface area (Å²) in [5, 5.41) is 0. The van der Waals surface area contributed by atoms with Crippen LogP contribution in [0.15, 0.2) is 42.6 Å². The normalized spacial score (nSPS) is 11.8. The first-order chi connectivity index (χ1) is 14.4. The summed E-state index contributed by atoms with van der Waals surface area (Å²) in [6.07, 6.45) is 3.72. The minimum Gasteiger partial charge on any atom is -0.497 e. The van der Waals surface area contributed by atoms with Gasteiger partial charge in [-0.05, 0) is 49.6 Å². The van der Waals surface area contributed by atoms with Gasteiger partial charge in [0.2, 0.25) is 11.8 Å². The Labute approximate surface area is 180 Å². The number of nitrogens with zero attached hydrogens (tertiary/aromatic N) is 3. The summed E-state index contributed by atoms with van der Waals surface area (Å²) in [6.45, 7) is 9.63. The average molecular weight is 414 g/mol. The Hall–Kier alpha value is -2.76. The molecule has 0 fully saturated rings. The Morgan fingerprint density at radius 1 is 1.17 bits per heavy atom. The number of hydrogen-bond acceptors (Lipinski definition) is 3. The van der Waals surface area contributed by atoms with E-state index in [4.69, 9.17) is 4.74 Å². The highest BCUT2D eigenvalue weighted by atomic mass is 16.5. The van der Waals surface area contributed by atoms with Crippen LogP contribution in [-0.2, 0) is 22.7 Å². The zero-order valence-corrected chi connectivity index (χ0v) is 18.9. The largest absolute Gasteiger partial charge is 0.497 e. The molecule has 0 aliphatic carbocycles. The molecular weight excluding hydrogens is 378 g/mol. The molecular formula is C24H35N3O3. The lowest BCUT2D eigenvalue weighted by atomic mass is 10.2. The molecule has 2 rings (SSSR count). The van der Waals surface area contributed by atoms with Gasteiger partial charge in [-0.2, -0.15) is 0 Å². The monoisotopic (exact) mass is 413 g/mol. The third kappa shape index (κ3) is 6.37. The maximum absolute atomic E-state index is 13.1. The van der Waals surface area contributed by atoms with Crippen LogP contribution < -0.4 is 4.74 Å². The molecule has 0 aliphatic heterocycles. The summed E-state index contributed by atoms with van der Waals surface area (Å²) in [5.41, 5.74) is 2.20. The van der Waals surface area contributed by atoms with E-state index in [0.29, 0.717) is 19.6 Å². The molecule has 1 aromatic heterocycles. The van der Waals surface area contributed by atoms with Gasteiger partial charge in [0, 0.05) is 37.9 Å². The van der Waals surface area contributed by atoms with Crippen LogP contribution in [0.3, 0.4) is 0 Å². The zero-order valence-electron chi connectivity index (χ0n) is 18.9. The Kier molecular flexibility index (Phi) is 8.96. The molecule has 0 bridgehead atoms. The van der Waals surface area contributed by atoms with Gasteiger partial charge < -0.3 is 19.1 Å². The summed E-state index contributed by atoms with van der Waals surface area (Å²) >= 11 is 0. The second-order valence-electron chi connectivity index (χ2n) is 7.70. The third-order valence-electron chi connectivity index (χ3n) is 5.45. The highest BCUT2D eigenvalue weighted by molar-refractivity contribution is 5.84. The van der Waals surface area contributed by atoms with Gasteiger partial charge in [-0.3, -0.25) is 9.59 Å². The van der Waals surface area contributed by atoms with E-state index in [1.807, 2.05) is 42.3 Å². The van der Waals surface area contributed by atoms with Crippen molar-refractivity contribution in [3.8, 4) is 5.75 Å². The first kappa shape index (κ1) is 23.5. The molecule has 0 saturated heterocycles. The van der Waals surface area contributed by atoms with Crippen LogP contribution in [0, 0.1) is 0 Å². The first-order valence-electron chi connectivity index (χ1n) is 10.7. The number of methoxy groups -OCH3 is 1. The van der Waals surface area contributed by atoms with Crippen molar-refractivity contribution >= 4 is 11.8 Å². The second kappa shape index (κ2) is 11.4. The van der Waals surface area contributed by atoms with Crippen LogP contribution in [0.4, 0.5) is 0 Å². The molecule has 0 unspecified atom stereocenters. The van der Waals surface area contributed by atoms with E-state index >= 15 is 0 Å². The minimum absolute atomic E-state index is 0.0119. The fourth-order valence-electron chi connectivity index (χ4n) is 3.47. The van der Waals surface area contributed by atoms with Crippen molar-refractivity contribution < 1.29 is 14.3 Å². The number of aromatic nitrogens is 1. The molecule has 30 heavy (non-hydrogen) atoms. The molecule has 1 atom stereocenters. The molecule has 0 radical (unpaired) electrons. The number of rotatable bonds is 11. The Bertz CT molecular complexity index is 831. The summed E-state index contributed by atoms with van der Waals surface area (Å²) in [6, 6.07) is 12.2. The van der Waals surface area contributed by atoms with Crippen molar-refractivity contribution in [2.24, 2.45) is 0 Å². The molecule has 164 valence electrons. The zero-order chi connectivity index (χ0) is 22.1. The molecule has 2 aromatic rings. The maximum Gasteiger partial charge on any atom is 0.242 e. The van der Waals surface area contributed by atoms with Crippen molar-refractivity contribution in [1.82, 2.24) is 14.4 Å². The van der Waals surface area contributed by atoms with Gasteiger partial charge in [0.05, 0.1) is 20.2 Å². The molecule has 1 heterocycles. The lowest BCUT2D eigenvalue weighted by Gasteiger charge is -2.31. The predicted molar refractivity (Wildman–Crippen MR) is 119 cm³/mol. The third-order valence-corrected chi connectivity index (χ3v) is 5.45. The lowest BCUT2D eigenvalue weighted by Crippen LogP contribution is -2.45. The van der Waals surface area contributed by atoms with E-state index < -0.39 is 0 Å². The summed E-state index contributed by atoms with van der Waals surface area (Å²) in [4.78, 5) is 28.5. The molecule has 1 aromatic carbocycles. The van der Waals surface area contributed by atoms with Crippen LogP contribution >= 0.6 is 0 Å². The van der Waals surface area contributed by atoms with Gasteiger partial charge in [0.1, 0.15) is 5.75 Å². The van der Waals surface area contributed by atoms with Crippen LogP contribution in [0.25, 0.3) is 0 Å². The SMILES string of the molecule is CCCN(CC(=O)N(Cc1cccn1Cc1cccc(OC)c1)[C@@H](C)CC)C(C)=O. The standard InChI is InChI=1S/C24H35N3O3/c1-6-13-25(20(4)28)18-24(29)27(19(3)7-2)17-22-11-9-14-26(22)16-21-10-8-12-23(15-21)30-5/h8-12,14-15,19H,6-7,13,16-18H2,1-5H3/t19-/m0/s1.